The van der Waals surface area contributed by atoms with Crippen molar-refractivity contribution in [3.8, 4) is 0 Å². The smallest absolute Gasteiger partial charge is 0.378 e. The third-order valence-corrected chi connectivity index (χ3v) is 4.91. The zero-order chi connectivity index (χ0) is 20.7. The van der Waals surface area contributed by atoms with E-state index in [-0.39, 0.29) is 16.3 Å². The van der Waals surface area contributed by atoms with Crippen molar-refractivity contribution >= 4 is 33.2 Å². The van der Waals surface area contributed by atoms with Crippen molar-refractivity contribution in [3.63, 3.8) is 0 Å². The highest BCUT2D eigenvalue weighted by Gasteiger charge is 2.63. The van der Waals surface area contributed by atoms with Gasteiger partial charge < -0.3 is 10.0 Å². The van der Waals surface area contributed by atoms with Crippen LogP contribution < -0.4 is 4.90 Å². The van der Waals surface area contributed by atoms with E-state index in [2.05, 4.69) is 21.0 Å². The Balaban J connectivity index is 2.02. The van der Waals surface area contributed by atoms with Crippen LogP contribution in [0.2, 0.25) is 0 Å². The molecule has 5 nitrogen and oxygen atoms in total. The molecule has 0 bridgehead atoms. The van der Waals surface area contributed by atoms with Crippen LogP contribution >= 0.6 is 15.9 Å². The van der Waals surface area contributed by atoms with Crippen LogP contribution in [0.25, 0.3) is 0 Å². The zero-order valence-electron chi connectivity index (χ0n) is 15.0. The second-order valence-corrected chi connectivity index (χ2v) is 7.52. The Morgan fingerprint density at radius 1 is 1.21 bits per heavy atom. The first-order chi connectivity index (χ1) is 13.0. The molecule has 1 N–H and O–H groups in total. The second-order valence-electron chi connectivity index (χ2n) is 6.61. The first-order valence-electron chi connectivity index (χ1n) is 8.27. The number of carbonyl (C=O) groups excluding carboxylic acids is 1. The number of hydrogen-bond acceptors (Lipinski definition) is 4. The van der Waals surface area contributed by atoms with E-state index in [0.29, 0.717) is 10.0 Å². The van der Waals surface area contributed by atoms with Gasteiger partial charge >= 0.3 is 6.18 Å². The van der Waals surface area contributed by atoms with Gasteiger partial charge in [0.2, 0.25) is 0 Å². The summed E-state index contributed by atoms with van der Waals surface area (Å²) in [5.41, 5.74) is -2.29. The van der Waals surface area contributed by atoms with Crippen LogP contribution in [0.3, 0.4) is 0 Å². The molecule has 148 valence electrons. The maximum absolute atomic E-state index is 13.7. The van der Waals surface area contributed by atoms with Crippen molar-refractivity contribution < 1.29 is 23.1 Å². The molecule has 0 aliphatic carbocycles. The molecule has 2 aromatic rings. The normalized spacial score (nSPS) is 19.5. The molecule has 0 fully saturated rings. The molecule has 1 aliphatic heterocycles. The predicted molar refractivity (Wildman–Crippen MR) is 103 cm³/mol. The quantitative estimate of drug-likeness (QED) is 0.760. The number of carbonyl (C=O) groups is 1. The summed E-state index contributed by atoms with van der Waals surface area (Å²) in [6.07, 6.45) is -5.93. The van der Waals surface area contributed by atoms with Gasteiger partial charge in [-0.15, -0.1) is 0 Å². The summed E-state index contributed by atoms with van der Waals surface area (Å²) in [5.74, 6) is -1.03. The number of anilines is 1. The lowest BCUT2D eigenvalue weighted by atomic mass is 10.0. The largest absolute Gasteiger partial charge is 0.438 e. The number of rotatable bonds is 3. The number of aliphatic hydroxyl groups is 1. The number of alkyl halides is 3. The Kier molecular flexibility index (Phi) is 5.24. The van der Waals surface area contributed by atoms with Gasteiger partial charge in [0.25, 0.3) is 11.6 Å². The fourth-order valence-corrected chi connectivity index (χ4v) is 3.23. The van der Waals surface area contributed by atoms with Gasteiger partial charge in [-0.05, 0) is 42.0 Å². The summed E-state index contributed by atoms with van der Waals surface area (Å²) in [4.78, 5) is 14.6. The Hall–Kier alpha value is -2.39. The Morgan fingerprint density at radius 2 is 1.86 bits per heavy atom. The molecule has 0 radical (unpaired) electrons. The minimum Gasteiger partial charge on any atom is -0.378 e. The average molecular weight is 456 g/mol. The molecule has 2 aromatic carbocycles. The standard InChI is InChI=1S/C19H17BrF3N3O2/c1-25(2)15-8-6-12(7-9-15)17(27)26-18(28,19(21,22)23)11-16(24-26)13-4-3-5-14(20)10-13/h3-10,28H,11H2,1-2H3/t18-/m0/s1. The zero-order valence-corrected chi connectivity index (χ0v) is 16.6. The van der Waals surface area contributed by atoms with Crippen LogP contribution in [0.15, 0.2) is 58.1 Å². The molecule has 1 heterocycles. The van der Waals surface area contributed by atoms with E-state index in [1.54, 1.807) is 55.4 Å². The van der Waals surface area contributed by atoms with Crippen LogP contribution in [0.4, 0.5) is 18.9 Å². The van der Waals surface area contributed by atoms with Crippen molar-refractivity contribution in [2.75, 3.05) is 19.0 Å². The number of hydrogen-bond donors (Lipinski definition) is 1. The summed E-state index contributed by atoms with van der Waals surface area (Å²) in [5, 5.41) is 14.4. The number of hydrazone groups is 1. The average Bonchev–Trinajstić information content (AvgIpc) is 3.00. The second kappa shape index (κ2) is 7.21. The lowest BCUT2D eigenvalue weighted by Crippen LogP contribution is -2.56. The number of amides is 1. The fraction of sp³-hybridized carbons (Fsp3) is 0.263. The summed E-state index contributed by atoms with van der Waals surface area (Å²) in [6, 6.07) is 12.5. The van der Waals surface area contributed by atoms with Gasteiger partial charge in [-0.3, -0.25) is 4.79 Å². The van der Waals surface area contributed by atoms with Crippen LogP contribution in [0, 0.1) is 0 Å². The van der Waals surface area contributed by atoms with E-state index in [1.165, 1.54) is 12.1 Å². The monoisotopic (exact) mass is 455 g/mol. The van der Waals surface area contributed by atoms with Crippen molar-refractivity contribution in [2.45, 2.75) is 18.3 Å². The first-order valence-corrected chi connectivity index (χ1v) is 9.07. The SMILES string of the molecule is CN(C)c1ccc(C(=O)N2N=C(c3cccc(Br)c3)C[C@]2(O)C(F)(F)F)cc1. The van der Waals surface area contributed by atoms with E-state index in [1.807, 2.05) is 0 Å². The van der Waals surface area contributed by atoms with Gasteiger partial charge in [0.15, 0.2) is 0 Å². The molecule has 3 rings (SSSR count). The van der Waals surface area contributed by atoms with Gasteiger partial charge in [-0.1, -0.05) is 28.1 Å². The first kappa shape index (κ1) is 20.3. The minimum atomic E-state index is -5.08. The Labute approximate surface area is 168 Å². The number of halogens is 4. The molecule has 0 aromatic heterocycles. The molecule has 0 saturated carbocycles. The highest BCUT2D eigenvalue weighted by atomic mass is 79.9. The highest BCUT2D eigenvalue weighted by Crippen LogP contribution is 2.42. The lowest BCUT2D eigenvalue weighted by molar-refractivity contribution is -0.297. The van der Waals surface area contributed by atoms with Gasteiger partial charge in [-0.25, -0.2) is 0 Å². The van der Waals surface area contributed by atoms with Crippen molar-refractivity contribution in [1.82, 2.24) is 5.01 Å². The molecular weight excluding hydrogens is 439 g/mol. The maximum Gasteiger partial charge on any atom is 0.438 e. The molecule has 0 saturated heterocycles. The molecule has 1 aliphatic rings. The van der Waals surface area contributed by atoms with Gasteiger partial charge in [0.05, 0.1) is 12.1 Å². The fourth-order valence-electron chi connectivity index (χ4n) is 2.83. The van der Waals surface area contributed by atoms with Crippen LogP contribution in [-0.4, -0.2) is 47.7 Å². The summed E-state index contributed by atoms with van der Waals surface area (Å²) < 4.78 is 41.7. The third-order valence-electron chi connectivity index (χ3n) is 4.42. The van der Waals surface area contributed by atoms with Crippen molar-refractivity contribution in [1.29, 1.82) is 0 Å². The van der Waals surface area contributed by atoms with Crippen LogP contribution in [0.5, 0.6) is 0 Å². The van der Waals surface area contributed by atoms with E-state index in [0.717, 1.165) is 5.69 Å². The lowest BCUT2D eigenvalue weighted by Gasteiger charge is -2.32. The predicted octanol–water partition coefficient (Wildman–Crippen LogP) is 4.02. The van der Waals surface area contributed by atoms with E-state index in [4.69, 9.17) is 0 Å². The van der Waals surface area contributed by atoms with Crippen LogP contribution in [0.1, 0.15) is 22.3 Å². The number of nitrogens with zero attached hydrogens (tertiary/aromatic N) is 3. The molecule has 0 unspecified atom stereocenters. The van der Waals surface area contributed by atoms with Gasteiger partial charge in [-0.2, -0.15) is 23.3 Å². The topological polar surface area (TPSA) is 56.1 Å². The third kappa shape index (κ3) is 3.64. The molecular formula is C19H17BrF3N3O2. The van der Waals surface area contributed by atoms with Crippen LogP contribution in [-0.2, 0) is 0 Å². The summed E-state index contributed by atoms with van der Waals surface area (Å²) in [6.45, 7) is 0. The summed E-state index contributed by atoms with van der Waals surface area (Å²) >= 11 is 3.25. The van der Waals surface area contributed by atoms with Crippen molar-refractivity contribution in [3.05, 3.63) is 64.1 Å². The Morgan fingerprint density at radius 3 is 2.39 bits per heavy atom. The van der Waals surface area contributed by atoms with Crippen molar-refractivity contribution in [2.24, 2.45) is 5.10 Å². The molecule has 1 amide bonds. The van der Waals surface area contributed by atoms with E-state index in [9.17, 15) is 23.1 Å². The Bertz CT molecular complexity index is 929. The van der Waals surface area contributed by atoms with E-state index >= 15 is 0 Å². The highest BCUT2D eigenvalue weighted by molar-refractivity contribution is 9.10. The van der Waals surface area contributed by atoms with E-state index < -0.39 is 24.2 Å². The van der Waals surface area contributed by atoms with Gasteiger partial charge in [0, 0.05) is 29.8 Å². The maximum atomic E-state index is 13.7. The molecule has 9 heteroatoms. The number of benzene rings is 2. The molecule has 0 spiro atoms. The molecule has 28 heavy (non-hydrogen) atoms. The minimum absolute atomic E-state index is 0.00693. The molecule has 1 atom stereocenters. The summed E-state index contributed by atoms with van der Waals surface area (Å²) in [7, 11) is 3.60. The van der Waals surface area contributed by atoms with Gasteiger partial charge in [0.1, 0.15) is 0 Å².